The Bertz CT molecular complexity index is 993. The van der Waals surface area contributed by atoms with Gasteiger partial charge in [0, 0.05) is 36.0 Å². The van der Waals surface area contributed by atoms with Gasteiger partial charge in [-0.05, 0) is 35.7 Å². The molecule has 1 aromatic carbocycles. The molecule has 9 heteroatoms. The summed E-state index contributed by atoms with van der Waals surface area (Å²) in [7, 11) is -3.43. The molecule has 0 bridgehead atoms. The van der Waals surface area contributed by atoms with Crippen molar-refractivity contribution in [3.8, 4) is 10.6 Å². The van der Waals surface area contributed by atoms with Crippen LogP contribution in [-0.4, -0.2) is 48.8 Å². The van der Waals surface area contributed by atoms with Gasteiger partial charge in [0.2, 0.25) is 10.0 Å². The summed E-state index contributed by atoms with van der Waals surface area (Å²) in [5, 5.41) is 5.22. The molecule has 3 heterocycles. The first-order chi connectivity index (χ1) is 13.0. The Labute approximate surface area is 175 Å². The molecule has 27 heavy (non-hydrogen) atoms. The summed E-state index contributed by atoms with van der Waals surface area (Å²) in [5.74, 6) is 0. The van der Waals surface area contributed by atoms with Gasteiger partial charge in [-0.25, -0.2) is 13.4 Å². The third-order valence-electron chi connectivity index (χ3n) is 4.47. The standard InChI is InChI=1S/C18H18BrN3O2S3/c19-14-3-5-15(6-4-14)27(23,24)22-9-7-21(8-10-22)12-18-20-16(13-26-18)17-2-1-11-25-17/h1-6,11,13H,7-10,12H2. The predicted octanol–water partition coefficient (Wildman–Crippen LogP) is 4.14. The number of nitrogens with zero attached hydrogens (tertiary/aromatic N) is 3. The van der Waals surface area contributed by atoms with Crippen LogP contribution < -0.4 is 0 Å². The Hall–Kier alpha value is -1.10. The maximum Gasteiger partial charge on any atom is 0.243 e. The Morgan fingerprint density at radius 1 is 1.04 bits per heavy atom. The lowest BCUT2D eigenvalue weighted by atomic mass is 10.3. The molecule has 1 saturated heterocycles. The molecule has 0 unspecified atom stereocenters. The first-order valence-corrected chi connectivity index (χ1v) is 12.5. The lowest BCUT2D eigenvalue weighted by Gasteiger charge is -2.33. The lowest BCUT2D eigenvalue weighted by Crippen LogP contribution is -2.48. The van der Waals surface area contributed by atoms with E-state index in [-0.39, 0.29) is 0 Å². The van der Waals surface area contributed by atoms with Crippen LogP contribution in [0.5, 0.6) is 0 Å². The van der Waals surface area contributed by atoms with Crippen molar-refractivity contribution in [1.82, 2.24) is 14.2 Å². The van der Waals surface area contributed by atoms with Gasteiger partial charge in [-0.2, -0.15) is 4.31 Å². The minimum absolute atomic E-state index is 0.347. The van der Waals surface area contributed by atoms with Gasteiger partial charge in [0.05, 0.1) is 22.0 Å². The number of rotatable bonds is 5. The summed E-state index contributed by atoms with van der Waals surface area (Å²) in [6, 6.07) is 10.9. The molecule has 142 valence electrons. The third kappa shape index (κ3) is 4.33. The van der Waals surface area contributed by atoms with Crippen LogP contribution in [0.15, 0.2) is 56.5 Å². The smallest absolute Gasteiger partial charge is 0.243 e. The van der Waals surface area contributed by atoms with Crippen molar-refractivity contribution in [3.63, 3.8) is 0 Å². The summed E-state index contributed by atoms with van der Waals surface area (Å²) in [6.07, 6.45) is 0. The minimum atomic E-state index is -3.43. The van der Waals surface area contributed by atoms with Gasteiger partial charge in [-0.15, -0.1) is 22.7 Å². The number of aromatic nitrogens is 1. The molecule has 0 spiro atoms. The zero-order valence-corrected chi connectivity index (χ0v) is 18.5. The van der Waals surface area contributed by atoms with Crippen molar-refractivity contribution in [2.75, 3.05) is 26.2 Å². The van der Waals surface area contributed by atoms with E-state index in [0.29, 0.717) is 31.1 Å². The SMILES string of the molecule is O=S(=O)(c1ccc(Br)cc1)N1CCN(Cc2nc(-c3cccs3)cs2)CC1. The second-order valence-corrected chi connectivity index (χ2v) is 11.0. The molecule has 1 aliphatic rings. The van der Waals surface area contributed by atoms with Crippen molar-refractivity contribution < 1.29 is 8.42 Å². The van der Waals surface area contributed by atoms with Crippen LogP contribution in [0.4, 0.5) is 0 Å². The van der Waals surface area contributed by atoms with E-state index in [9.17, 15) is 8.42 Å². The number of benzene rings is 1. The molecule has 5 nitrogen and oxygen atoms in total. The molecular weight excluding hydrogens is 466 g/mol. The minimum Gasteiger partial charge on any atom is -0.294 e. The topological polar surface area (TPSA) is 53.5 Å². The molecule has 0 atom stereocenters. The number of thiophene rings is 1. The van der Waals surface area contributed by atoms with Crippen molar-refractivity contribution in [2.24, 2.45) is 0 Å². The van der Waals surface area contributed by atoms with Crippen LogP contribution in [0.2, 0.25) is 0 Å². The van der Waals surface area contributed by atoms with E-state index >= 15 is 0 Å². The molecule has 0 aliphatic carbocycles. The van der Waals surface area contributed by atoms with E-state index < -0.39 is 10.0 Å². The highest BCUT2D eigenvalue weighted by atomic mass is 79.9. The van der Waals surface area contributed by atoms with Crippen molar-refractivity contribution in [3.05, 3.63) is 56.6 Å². The van der Waals surface area contributed by atoms with Crippen LogP contribution in [0, 0.1) is 0 Å². The monoisotopic (exact) mass is 483 g/mol. The van der Waals surface area contributed by atoms with Crippen molar-refractivity contribution in [2.45, 2.75) is 11.4 Å². The average molecular weight is 484 g/mol. The fourth-order valence-corrected chi connectivity index (χ4v) is 6.28. The zero-order chi connectivity index (χ0) is 18.9. The predicted molar refractivity (Wildman–Crippen MR) is 114 cm³/mol. The van der Waals surface area contributed by atoms with Crippen LogP contribution >= 0.6 is 38.6 Å². The van der Waals surface area contributed by atoms with E-state index in [4.69, 9.17) is 4.98 Å². The van der Waals surface area contributed by atoms with Gasteiger partial charge in [-0.1, -0.05) is 22.0 Å². The summed E-state index contributed by atoms with van der Waals surface area (Å²) >= 11 is 6.70. The van der Waals surface area contributed by atoms with E-state index in [1.165, 1.54) is 4.88 Å². The molecule has 2 aromatic heterocycles. The van der Waals surface area contributed by atoms with Crippen LogP contribution in [0.1, 0.15) is 5.01 Å². The highest BCUT2D eigenvalue weighted by Gasteiger charge is 2.28. The number of sulfonamides is 1. The van der Waals surface area contributed by atoms with Crippen LogP contribution in [-0.2, 0) is 16.6 Å². The number of halogens is 1. The summed E-state index contributed by atoms with van der Waals surface area (Å²) < 4.78 is 28.0. The summed E-state index contributed by atoms with van der Waals surface area (Å²) in [6.45, 7) is 3.19. The third-order valence-corrected chi connectivity index (χ3v) is 8.63. The normalized spacial score (nSPS) is 16.6. The van der Waals surface area contributed by atoms with Gasteiger partial charge in [0.1, 0.15) is 5.01 Å². The molecule has 0 amide bonds. The van der Waals surface area contributed by atoms with Gasteiger partial charge >= 0.3 is 0 Å². The molecular formula is C18H18BrN3O2S3. The molecule has 1 fully saturated rings. The first-order valence-electron chi connectivity index (χ1n) is 8.49. The number of piperazine rings is 1. The zero-order valence-electron chi connectivity index (χ0n) is 14.4. The second kappa shape index (κ2) is 8.10. The highest BCUT2D eigenvalue weighted by Crippen LogP contribution is 2.27. The Kier molecular flexibility index (Phi) is 5.77. The molecule has 4 rings (SSSR count). The fraction of sp³-hybridized carbons (Fsp3) is 0.278. The Morgan fingerprint density at radius 3 is 2.44 bits per heavy atom. The fourth-order valence-electron chi connectivity index (χ4n) is 3.00. The van der Waals surface area contributed by atoms with Crippen LogP contribution in [0.3, 0.4) is 0 Å². The van der Waals surface area contributed by atoms with Crippen molar-refractivity contribution >= 4 is 48.6 Å². The highest BCUT2D eigenvalue weighted by molar-refractivity contribution is 9.10. The molecule has 0 saturated carbocycles. The molecule has 3 aromatic rings. The maximum atomic E-state index is 12.8. The molecule has 0 N–H and O–H groups in total. The molecule has 0 radical (unpaired) electrons. The molecule has 1 aliphatic heterocycles. The lowest BCUT2D eigenvalue weighted by molar-refractivity contribution is 0.181. The number of hydrogen-bond donors (Lipinski definition) is 0. The van der Waals surface area contributed by atoms with Gasteiger partial charge in [-0.3, -0.25) is 4.90 Å². The average Bonchev–Trinajstić information content (AvgIpc) is 3.34. The van der Waals surface area contributed by atoms with Crippen LogP contribution in [0.25, 0.3) is 10.6 Å². The second-order valence-electron chi connectivity index (χ2n) is 6.24. The van der Waals surface area contributed by atoms with E-state index in [0.717, 1.165) is 21.7 Å². The summed E-state index contributed by atoms with van der Waals surface area (Å²) in [5.41, 5.74) is 1.03. The van der Waals surface area contributed by atoms with E-state index in [2.05, 4.69) is 37.7 Å². The van der Waals surface area contributed by atoms with Gasteiger partial charge in [0.25, 0.3) is 0 Å². The largest absolute Gasteiger partial charge is 0.294 e. The number of thiazole rings is 1. The maximum absolute atomic E-state index is 12.8. The Balaban J connectivity index is 1.37. The van der Waals surface area contributed by atoms with E-state index in [1.54, 1.807) is 51.2 Å². The Morgan fingerprint density at radius 2 is 1.78 bits per heavy atom. The number of hydrogen-bond acceptors (Lipinski definition) is 6. The first kappa shape index (κ1) is 19.2. The summed E-state index contributed by atoms with van der Waals surface area (Å²) in [4.78, 5) is 8.52. The van der Waals surface area contributed by atoms with Crippen molar-refractivity contribution in [1.29, 1.82) is 0 Å². The quantitative estimate of drug-likeness (QED) is 0.546. The van der Waals surface area contributed by atoms with Gasteiger partial charge in [0.15, 0.2) is 0 Å². The van der Waals surface area contributed by atoms with Gasteiger partial charge < -0.3 is 0 Å². The van der Waals surface area contributed by atoms with E-state index in [1.807, 2.05) is 6.07 Å².